The molecular formula is C9H11NO2. The number of carbonyl (C=O) groups excluding carboxylic acids is 1. The van der Waals surface area contributed by atoms with Crippen LogP contribution in [0.1, 0.15) is 22.8 Å². The number of hydrogen-bond acceptors (Lipinski definition) is 3. The summed E-state index contributed by atoms with van der Waals surface area (Å²) < 4.78 is 0. The van der Waals surface area contributed by atoms with Gasteiger partial charge in [-0.15, -0.1) is 0 Å². The highest BCUT2D eigenvalue weighted by molar-refractivity contribution is 6.02. The lowest BCUT2D eigenvalue weighted by atomic mass is 10.0. The molecule has 0 atom stereocenters. The van der Waals surface area contributed by atoms with E-state index in [2.05, 4.69) is 0 Å². The lowest BCUT2D eigenvalue weighted by molar-refractivity contribution is 0.101. The number of anilines is 1. The van der Waals surface area contributed by atoms with Gasteiger partial charge in [-0.1, -0.05) is 6.07 Å². The third kappa shape index (κ3) is 1.25. The first-order valence-electron chi connectivity index (χ1n) is 3.63. The van der Waals surface area contributed by atoms with Gasteiger partial charge >= 0.3 is 0 Å². The molecule has 64 valence electrons. The fourth-order valence-electron chi connectivity index (χ4n) is 1.08. The molecule has 0 heterocycles. The van der Waals surface area contributed by atoms with E-state index in [0.29, 0.717) is 11.3 Å². The highest BCUT2D eigenvalue weighted by Gasteiger charge is 2.11. The number of rotatable bonds is 1. The third-order valence-electron chi connectivity index (χ3n) is 1.76. The van der Waals surface area contributed by atoms with Crippen LogP contribution < -0.4 is 5.73 Å². The molecular weight excluding hydrogens is 154 g/mol. The van der Waals surface area contributed by atoms with E-state index in [-0.39, 0.29) is 17.1 Å². The standard InChI is InChI=1S/C9H11NO2/c1-5-3-4-7(10)8(6(2)11)9(5)12/h3-4,12H,10H2,1-2H3. The molecule has 0 saturated carbocycles. The smallest absolute Gasteiger partial charge is 0.165 e. The minimum Gasteiger partial charge on any atom is -0.507 e. The Balaban J connectivity index is 3.43. The maximum atomic E-state index is 11.0. The molecule has 0 aromatic heterocycles. The van der Waals surface area contributed by atoms with Crippen LogP contribution in [-0.4, -0.2) is 10.9 Å². The second kappa shape index (κ2) is 2.85. The van der Waals surface area contributed by atoms with Crippen LogP contribution in [0, 0.1) is 6.92 Å². The lowest BCUT2D eigenvalue weighted by Crippen LogP contribution is -2.00. The van der Waals surface area contributed by atoms with Gasteiger partial charge in [0.05, 0.1) is 5.56 Å². The Labute approximate surface area is 70.8 Å². The first-order chi connectivity index (χ1) is 5.54. The topological polar surface area (TPSA) is 63.3 Å². The molecule has 3 N–H and O–H groups in total. The van der Waals surface area contributed by atoms with Crippen LogP contribution in [0.5, 0.6) is 5.75 Å². The van der Waals surface area contributed by atoms with Crippen molar-refractivity contribution in [3.8, 4) is 5.75 Å². The lowest BCUT2D eigenvalue weighted by Gasteiger charge is -2.06. The maximum Gasteiger partial charge on any atom is 0.165 e. The summed E-state index contributed by atoms with van der Waals surface area (Å²) in [6, 6.07) is 3.29. The molecule has 0 saturated heterocycles. The molecule has 0 amide bonds. The summed E-state index contributed by atoms with van der Waals surface area (Å²) in [5.41, 5.74) is 6.71. The summed E-state index contributed by atoms with van der Waals surface area (Å²) in [5, 5.41) is 9.45. The molecule has 1 rings (SSSR count). The number of ketones is 1. The Morgan fingerprint density at radius 1 is 1.50 bits per heavy atom. The van der Waals surface area contributed by atoms with Crippen molar-refractivity contribution >= 4 is 11.5 Å². The summed E-state index contributed by atoms with van der Waals surface area (Å²) in [7, 11) is 0. The monoisotopic (exact) mass is 165 g/mol. The summed E-state index contributed by atoms with van der Waals surface area (Å²) in [6.07, 6.45) is 0. The molecule has 3 nitrogen and oxygen atoms in total. The van der Waals surface area contributed by atoms with Gasteiger partial charge in [0.1, 0.15) is 5.75 Å². The molecule has 0 bridgehead atoms. The van der Waals surface area contributed by atoms with E-state index in [1.54, 1.807) is 19.1 Å². The van der Waals surface area contributed by atoms with Crippen molar-refractivity contribution in [3.63, 3.8) is 0 Å². The third-order valence-corrected chi connectivity index (χ3v) is 1.76. The number of phenolic OH excluding ortho intramolecular Hbond substituents is 1. The fraction of sp³-hybridized carbons (Fsp3) is 0.222. The quantitative estimate of drug-likeness (QED) is 0.489. The Bertz CT molecular complexity index is 332. The van der Waals surface area contributed by atoms with Gasteiger partial charge in [-0.25, -0.2) is 0 Å². The van der Waals surface area contributed by atoms with Crippen molar-refractivity contribution < 1.29 is 9.90 Å². The van der Waals surface area contributed by atoms with Crippen molar-refractivity contribution in [1.82, 2.24) is 0 Å². The SMILES string of the molecule is CC(=O)c1c(N)ccc(C)c1O. The highest BCUT2D eigenvalue weighted by Crippen LogP contribution is 2.27. The average Bonchev–Trinajstić information content (AvgIpc) is 1.97. The molecule has 0 aliphatic carbocycles. The van der Waals surface area contributed by atoms with E-state index in [4.69, 9.17) is 5.73 Å². The Morgan fingerprint density at radius 3 is 2.50 bits per heavy atom. The van der Waals surface area contributed by atoms with E-state index in [0.717, 1.165) is 0 Å². The average molecular weight is 165 g/mol. The zero-order valence-corrected chi connectivity index (χ0v) is 7.09. The molecule has 0 fully saturated rings. The zero-order valence-electron chi connectivity index (χ0n) is 7.09. The van der Waals surface area contributed by atoms with Crippen LogP contribution in [0.3, 0.4) is 0 Å². The first-order valence-corrected chi connectivity index (χ1v) is 3.63. The number of Topliss-reactive ketones (excluding diaryl/α,β-unsaturated/α-hetero) is 1. The van der Waals surface area contributed by atoms with E-state index >= 15 is 0 Å². The van der Waals surface area contributed by atoms with Gasteiger partial charge in [0.15, 0.2) is 5.78 Å². The molecule has 0 spiro atoms. The number of benzene rings is 1. The second-order valence-corrected chi connectivity index (χ2v) is 2.75. The second-order valence-electron chi connectivity index (χ2n) is 2.75. The highest BCUT2D eigenvalue weighted by atomic mass is 16.3. The zero-order chi connectivity index (χ0) is 9.30. The number of hydrogen-bond donors (Lipinski definition) is 2. The van der Waals surface area contributed by atoms with Gasteiger partial charge in [0.25, 0.3) is 0 Å². The molecule has 12 heavy (non-hydrogen) atoms. The van der Waals surface area contributed by atoms with Crippen LogP contribution in [0.25, 0.3) is 0 Å². The van der Waals surface area contributed by atoms with Gasteiger partial charge in [0.2, 0.25) is 0 Å². The summed E-state index contributed by atoms with van der Waals surface area (Å²) >= 11 is 0. The minimum atomic E-state index is -0.214. The summed E-state index contributed by atoms with van der Waals surface area (Å²) in [5.74, 6) is -0.226. The minimum absolute atomic E-state index is 0.0116. The van der Waals surface area contributed by atoms with Crippen LogP contribution in [0.2, 0.25) is 0 Å². The predicted octanol–water partition coefficient (Wildman–Crippen LogP) is 1.49. The van der Waals surface area contributed by atoms with Crippen molar-refractivity contribution in [1.29, 1.82) is 0 Å². The van der Waals surface area contributed by atoms with Crippen molar-refractivity contribution in [3.05, 3.63) is 23.3 Å². The number of aromatic hydroxyl groups is 1. The first kappa shape index (κ1) is 8.59. The van der Waals surface area contributed by atoms with Crippen LogP contribution >= 0.6 is 0 Å². The van der Waals surface area contributed by atoms with Crippen molar-refractivity contribution in [2.24, 2.45) is 0 Å². The molecule has 3 heteroatoms. The summed E-state index contributed by atoms with van der Waals surface area (Å²) in [6.45, 7) is 3.10. The van der Waals surface area contributed by atoms with E-state index in [1.165, 1.54) is 6.92 Å². The van der Waals surface area contributed by atoms with Crippen molar-refractivity contribution in [2.45, 2.75) is 13.8 Å². The largest absolute Gasteiger partial charge is 0.507 e. The number of phenols is 1. The van der Waals surface area contributed by atoms with Gasteiger partial charge in [-0.2, -0.15) is 0 Å². The Hall–Kier alpha value is -1.51. The van der Waals surface area contributed by atoms with Crippen LogP contribution in [0.4, 0.5) is 5.69 Å². The number of aryl methyl sites for hydroxylation is 1. The van der Waals surface area contributed by atoms with Gasteiger partial charge in [-0.3, -0.25) is 4.79 Å². The Morgan fingerprint density at radius 2 is 2.08 bits per heavy atom. The fourth-order valence-corrected chi connectivity index (χ4v) is 1.08. The van der Waals surface area contributed by atoms with Gasteiger partial charge in [-0.05, 0) is 25.5 Å². The van der Waals surface area contributed by atoms with E-state index in [9.17, 15) is 9.90 Å². The van der Waals surface area contributed by atoms with Crippen molar-refractivity contribution in [2.75, 3.05) is 5.73 Å². The Kier molecular flexibility index (Phi) is 2.04. The van der Waals surface area contributed by atoms with E-state index < -0.39 is 0 Å². The van der Waals surface area contributed by atoms with Crippen LogP contribution in [-0.2, 0) is 0 Å². The number of carbonyl (C=O) groups is 1. The number of nitrogen functional groups attached to an aromatic ring is 1. The molecule has 0 unspecified atom stereocenters. The molecule has 1 aromatic rings. The predicted molar refractivity (Wildman–Crippen MR) is 47.3 cm³/mol. The summed E-state index contributed by atoms with van der Waals surface area (Å²) in [4.78, 5) is 11.0. The number of nitrogens with two attached hydrogens (primary N) is 1. The van der Waals surface area contributed by atoms with Gasteiger partial charge in [0, 0.05) is 5.69 Å². The molecule has 0 aliphatic heterocycles. The normalized spacial score (nSPS) is 9.83. The molecule has 0 radical (unpaired) electrons. The maximum absolute atomic E-state index is 11.0. The molecule has 0 aliphatic rings. The molecule has 1 aromatic carbocycles. The van der Waals surface area contributed by atoms with E-state index in [1.807, 2.05) is 0 Å². The van der Waals surface area contributed by atoms with Crippen LogP contribution in [0.15, 0.2) is 12.1 Å². The van der Waals surface area contributed by atoms with Gasteiger partial charge < -0.3 is 10.8 Å².